The highest BCUT2D eigenvalue weighted by atomic mass is 16.3. The quantitative estimate of drug-likeness (QED) is 0.493. The van der Waals surface area contributed by atoms with Crippen molar-refractivity contribution in [2.45, 2.75) is 25.9 Å². The molecule has 2 unspecified atom stereocenters. The molecule has 2 aliphatic rings. The van der Waals surface area contributed by atoms with Crippen LogP contribution in [0.4, 0.5) is 4.79 Å². The molecule has 1 saturated heterocycles. The van der Waals surface area contributed by atoms with Crippen molar-refractivity contribution < 1.29 is 29.2 Å². The molecule has 0 aromatic heterocycles. The molecule has 3 N–H and O–H groups in total. The molecule has 1 fully saturated rings. The monoisotopic (exact) mass is 353 g/mol. The van der Waals surface area contributed by atoms with Gasteiger partial charge in [0.25, 0.3) is 17.6 Å². The third kappa shape index (κ3) is 3.57. The zero-order valence-corrected chi connectivity index (χ0v) is 14.7. The van der Waals surface area contributed by atoms with Crippen molar-refractivity contribution in [3.8, 4) is 0 Å². The summed E-state index contributed by atoms with van der Waals surface area (Å²) < 4.78 is 1.69. The van der Waals surface area contributed by atoms with Crippen LogP contribution in [0.15, 0.2) is 11.8 Å². The van der Waals surface area contributed by atoms with Crippen molar-refractivity contribution in [2.75, 3.05) is 33.8 Å². The molecular formula is C16H25N4O5+. The Morgan fingerprint density at radius 1 is 1.36 bits per heavy atom. The van der Waals surface area contributed by atoms with Gasteiger partial charge in [0.15, 0.2) is 11.6 Å². The van der Waals surface area contributed by atoms with Gasteiger partial charge in [-0.05, 0) is 12.5 Å². The Bertz CT molecular complexity index is 642. The fourth-order valence-corrected chi connectivity index (χ4v) is 2.93. The van der Waals surface area contributed by atoms with E-state index in [1.165, 1.54) is 11.9 Å². The van der Waals surface area contributed by atoms with E-state index in [0.717, 1.165) is 17.7 Å². The predicted octanol–water partition coefficient (Wildman–Crippen LogP) is -1.30. The maximum absolute atomic E-state index is 12.5. The number of imide groups is 1. The summed E-state index contributed by atoms with van der Waals surface area (Å²) in [4.78, 5) is 39.6. The molecule has 9 heteroatoms. The van der Waals surface area contributed by atoms with Crippen LogP contribution < -0.4 is 5.32 Å². The lowest BCUT2D eigenvalue weighted by molar-refractivity contribution is -0.474. The molecule has 2 heterocycles. The van der Waals surface area contributed by atoms with Gasteiger partial charge >= 0.3 is 6.03 Å². The van der Waals surface area contributed by atoms with Crippen molar-refractivity contribution in [1.29, 1.82) is 0 Å². The molecule has 9 nitrogen and oxygen atoms in total. The van der Waals surface area contributed by atoms with E-state index in [-0.39, 0.29) is 18.1 Å². The molecule has 4 amide bonds. The average Bonchev–Trinajstić information content (AvgIpc) is 3.00. The molecule has 0 aromatic carbocycles. The van der Waals surface area contributed by atoms with Gasteiger partial charge < -0.3 is 15.5 Å². The Labute approximate surface area is 146 Å². The summed E-state index contributed by atoms with van der Waals surface area (Å²) in [5.41, 5.74) is 0.280. The van der Waals surface area contributed by atoms with Gasteiger partial charge in [0, 0.05) is 13.6 Å². The summed E-state index contributed by atoms with van der Waals surface area (Å²) in [5, 5.41) is 20.8. The zero-order chi connectivity index (χ0) is 18.7. The van der Waals surface area contributed by atoms with Crippen LogP contribution in [-0.4, -0.2) is 88.2 Å². The van der Waals surface area contributed by atoms with Gasteiger partial charge in [-0.1, -0.05) is 13.3 Å². The van der Waals surface area contributed by atoms with Crippen LogP contribution in [0.3, 0.4) is 0 Å². The standard InChI is InChI=1S/C16H24N4O5/c1-4-5-6-20-12(13(23)17-8-10(22)9-21)7-11-14(20)18(2)16(25)19(3)15(11)24/h7,10-11,21-22H,4-6,8-9H2,1-3H3/p+1. The van der Waals surface area contributed by atoms with Crippen molar-refractivity contribution in [2.24, 2.45) is 5.92 Å². The first-order valence-corrected chi connectivity index (χ1v) is 8.32. The largest absolute Gasteiger partial charge is 0.417 e. The van der Waals surface area contributed by atoms with Crippen LogP contribution in [0.5, 0.6) is 0 Å². The fraction of sp³-hybridized carbons (Fsp3) is 0.625. The number of amides is 4. The number of nitrogens with one attached hydrogen (secondary N) is 1. The summed E-state index contributed by atoms with van der Waals surface area (Å²) in [6.07, 6.45) is 2.17. The van der Waals surface area contributed by atoms with Crippen LogP contribution in [0.25, 0.3) is 0 Å². The maximum atomic E-state index is 12.5. The van der Waals surface area contributed by atoms with E-state index >= 15 is 0 Å². The topological polar surface area (TPSA) is 113 Å². The van der Waals surface area contributed by atoms with E-state index in [4.69, 9.17) is 5.11 Å². The van der Waals surface area contributed by atoms with E-state index in [1.54, 1.807) is 17.7 Å². The van der Waals surface area contributed by atoms with Gasteiger partial charge in [-0.3, -0.25) is 9.59 Å². The van der Waals surface area contributed by atoms with Gasteiger partial charge in [0.1, 0.15) is 0 Å². The van der Waals surface area contributed by atoms with Crippen molar-refractivity contribution in [3.05, 3.63) is 11.8 Å². The van der Waals surface area contributed by atoms with Gasteiger partial charge in [-0.25, -0.2) is 14.3 Å². The first kappa shape index (κ1) is 19.1. The summed E-state index contributed by atoms with van der Waals surface area (Å²) >= 11 is 0. The summed E-state index contributed by atoms with van der Waals surface area (Å²) in [6.45, 7) is 1.95. The van der Waals surface area contributed by atoms with Gasteiger partial charge in [0.05, 0.1) is 26.3 Å². The number of carbonyl (C=O) groups excluding carboxylic acids is 3. The summed E-state index contributed by atoms with van der Waals surface area (Å²) in [6, 6.07) is -0.441. The number of hydrogen-bond acceptors (Lipinski definition) is 5. The van der Waals surface area contributed by atoms with Crippen LogP contribution >= 0.6 is 0 Å². The lowest BCUT2D eigenvalue weighted by Gasteiger charge is -2.27. The number of rotatable bonds is 7. The minimum absolute atomic E-state index is 0.100. The Balaban J connectivity index is 2.35. The normalized spacial score (nSPS) is 21.5. The third-order valence-corrected chi connectivity index (χ3v) is 4.36. The maximum Gasteiger partial charge on any atom is 0.417 e. The molecule has 25 heavy (non-hydrogen) atoms. The van der Waals surface area contributed by atoms with Crippen LogP contribution in [0.1, 0.15) is 19.8 Å². The number of nitrogens with zero attached hydrogens (tertiary/aromatic N) is 3. The molecule has 0 saturated carbocycles. The highest BCUT2D eigenvalue weighted by Gasteiger charge is 2.51. The number of fused-ring (bicyclic) bond motifs is 1. The van der Waals surface area contributed by atoms with Gasteiger partial charge in [-0.15, -0.1) is 0 Å². The second-order valence-corrected chi connectivity index (χ2v) is 6.18. The molecule has 138 valence electrons. The number of hydrogen-bond donors (Lipinski definition) is 3. The van der Waals surface area contributed by atoms with E-state index in [9.17, 15) is 19.5 Å². The molecule has 0 radical (unpaired) electrons. The zero-order valence-electron chi connectivity index (χ0n) is 14.7. The Hall–Kier alpha value is -2.26. The number of amidine groups is 1. The SMILES string of the molecule is CCCC[N+]1=C2C(C=C1C(=O)NCC(O)CO)C(=O)N(C)C(=O)N2C. The van der Waals surface area contributed by atoms with Gasteiger partial charge in [-0.2, -0.15) is 4.90 Å². The smallest absolute Gasteiger partial charge is 0.394 e. The molecule has 2 rings (SSSR count). The fourth-order valence-electron chi connectivity index (χ4n) is 2.93. The number of aliphatic hydroxyl groups is 2. The summed E-state index contributed by atoms with van der Waals surface area (Å²) in [7, 11) is 2.99. The number of aliphatic hydroxyl groups excluding tert-OH is 2. The number of carbonyl (C=O) groups is 3. The number of unbranched alkanes of at least 4 members (excludes halogenated alkanes) is 1. The Morgan fingerprint density at radius 2 is 2.04 bits per heavy atom. The van der Waals surface area contributed by atoms with Gasteiger partial charge in [0.2, 0.25) is 0 Å². The first-order chi connectivity index (χ1) is 11.8. The minimum atomic E-state index is -1.05. The molecule has 0 aliphatic carbocycles. The first-order valence-electron chi connectivity index (χ1n) is 8.32. The van der Waals surface area contributed by atoms with Crippen molar-refractivity contribution in [1.82, 2.24) is 15.1 Å². The highest BCUT2D eigenvalue weighted by molar-refractivity contribution is 6.19. The lowest BCUT2D eigenvalue weighted by Crippen LogP contribution is -2.57. The second kappa shape index (κ2) is 7.75. The third-order valence-electron chi connectivity index (χ3n) is 4.36. The van der Waals surface area contributed by atoms with E-state index in [1.807, 2.05) is 6.92 Å². The Morgan fingerprint density at radius 3 is 2.64 bits per heavy atom. The average molecular weight is 353 g/mol. The van der Waals surface area contributed by atoms with E-state index in [0.29, 0.717) is 12.4 Å². The van der Waals surface area contributed by atoms with E-state index in [2.05, 4.69) is 5.32 Å². The predicted molar refractivity (Wildman–Crippen MR) is 88.6 cm³/mol. The molecule has 0 aromatic rings. The number of urea groups is 1. The summed E-state index contributed by atoms with van der Waals surface area (Å²) in [5.74, 6) is -1.04. The molecular weight excluding hydrogens is 328 g/mol. The van der Waals surface area contributed by atoms with Crippen LogP contribution in [0.2, 0.25) is 0 Å². The van der Waals surface area contributed by atoms with Crippen molar-refractivity contribution in [3.63, 3.8) is 0 Å². The minimum Gasteiger partial charge on any atom is -0.394 e. The van der Waals surface area contributed by atoms with E-state index < -0.39 is 30.6 Å². The van der Waals surface area contributed by atoms with Crippen LogP contribution in [0, 0.1) is 5.92 Å². The molecule has 2 atom stereocenters. The Kier molecular flexibility index (Phi) is 5.91. The molecule has 0 bridgehead atoms. The lowest BCUT2D eigenvalue weighted by atomic mass is 10.0. The highest BCUT2D eigenvalue weighted by Crippen LogP contribution is 2.26. The van der Waals surface area contributed by atoms with Crippen LogP contribution in [-0.2, 0) is 9.59 Å². The van der Waals surface area contributed by atoms with Crippen molar-refractivity contribution >= 4 is 23.7 Å². The molecule has 0 spiro atoms. The molecule has 2 aliphatic heterocycles. The second-order valence-electron chi connectivity index (χ2n) is 6.18.